The van der Waals surface area contributed by atoms with Crippen molar-refractivity contribution in [2.24, 2.45) is 0 Å². The van der Waals surface area contributed by atoms with Crippen molar-refractivity contribution in [3.8, 4) is 0 Å². The third-order valence-corrected chi connectivity index (χ3v) is 14.1. The van der Waals surface area contributed by atoms with Gasteiger partial charge in [-0.15, -0.1) is 0 Å². The van der Waals surface area contributed by atoms with E-state index in [1.807, 2.05) is 0 Å². The molecule has 4 rings (SSSR count). The van der Waals surface area contributed by atoms with Gasteiger partial charge in [0.15, 0.2) is 0 Å². The van der Waals surface area contributed by atoms with Crippen molar-refractivity contribution in [3.63, 3.8) is 0 Å². The molecule has 0 bridgehead atoms. The molecule has 174 valence electrons. The van der Waals surface area contributed by atoms with Crippen LogP contribution in [0.5, 0.6) is 0 Å². The molecule has 2 aliphatic rings. The Kier molecular flexibility index (Phi) is 7.08. The first kappa shape index (κ1) is 23.8. The van der Waals surface area contributed by atoms with Crippen molar-refractivity contribution in [1.82, 2.24) is 0 Å². The second-order valence-corrected chi connectivity index (χ2v) is 16.6. The SMILES string of the molecule is CC(C)N1c2ccccc2N(C(C)C)C1[Se][Se]C1N(C(C)C)c2ccccc2N1C(C)C. The molecule has 32 heavy (non-hydrogen) atoms. The van der Waals surface area contributed by atoms with E-state index in [9.17, 15) is 0 Å². The zero-order chi connectivity index (χ0) is 23.2. The van der Waals surface area contributed by atoms with Crippen molar-refractivity contribution >= 4 is 49.0 Å². The van der Waals surface area contributed by atoms with Gasteiger partial charge in [-0.3, -0.25) is 0 Å². The van der Waals surface area contributed by atoms with Gasteiger partial charge in [-0.05, 0) is 0 Å². The summed E-state index contributed by atoms with van der Waals surface area (Å²) in [6, 6.07) is 20.0. The Balaban J connectivity index is 1.66. The second kappa shape index (κ2) is 9.50. The molecule has 0 aliphatic carbocycles. The van der Waals surface area contributed by atoms with Gasteiger partial charge < -0.3 is 0 Å². The van der Waals surface area contributed by atoms with Crippen LogP contribution in [0.2, 0.25) is 0 Å². The molecule has 6 heteroatoms. The maximum atomic E-state index is 2.69. The number of nitrogens with zero attached hydrogens (tertiary/aromatic N) is 4. The monoisotopic (exact) mass is 566 g/mol. The van der Waals surface area contributed by atoms with E-state index in [1.54, 1.807) is 0 Å². The quantitative estimate of drug-likeness (QED) is 0.431. The van der Waals surface area contributed by atoms with E-state index in [0.717, 1.165) is 0 Å². The van der Waals surface area contributed by atoms with Crippen LogP contribution in [-0.4, -0.2) is 60.6 Å². The van der Waals surface area contributed by atoms with E-state index in [0.29, 0.717) is 60.6 Å². The fourth-order valence-electron chi connectivity index (χ4n) is 4.96. The van der Waals surface area contributed by atoms with Gasteiger partial charge in [-0.25, -0.2) is 0 Å². The standard InChI is InChI=1S/C26H38N4Se2/c1-17(2)27-21-13-9-10-14-22(21)28(18(3)4)25(27)31-32-26-29(19(5)6)23-15-11-12-16-24(23)30(26)20(7)8/h9-20,25-26H,1-8H3. The van der Waals surface area contributed by atoms with Crippen LogP contribution in [0.4, 0.5) is 22.7 Å². The molecule has 0 N–H and O–H groups in total. The summed E-state index contributed by atoms with van der Waals surface area (Å²) in [5.41, 5.74) is 5.65. The van der Waals surface area contributed by atoms with Crippen LogP contribution < -0.4 is 19.6 Å². The van der Waals surface area contributed by atoms with E-state index < -0.39 is 0 Å². The second-order valence-electron chi connectivity index (χ2n) is 9.83. The number of hydrogen-bond donors (Lipinski definition) is 0. The summed E-state index contributed by atoms with van der Waals surface area (Å²) in [5.74, 6) is 0. The van der Waals surface area contributed by atoms with E-state index in [-0.39, 0.29) is 0 Å². The molecule has 2 aromatic carbocycles. The fraction of sp³-hybridized carbons (Fsp3) is 0.538. The molecule has 0 spiro atoms. The van der Waals surface area contributed by atoms with Gasteiger partial charge in [0.2, 0.25) is 0 Å². The molecule has 0 aromatic heterocycles. The van der Waals surface area contributed by atoms with Crippen LogP contribution in [0.15, 0.2) is 48.5 Å². The molecule has 0 radical (unpaired) electrons. The topological polar surface area (TPSA) is 13.0 Å². The Morgan fingerprint density at radius 1 is 0.469 bits per heavy atom. The van der Waals surface area contributed by atoms with Crippen molar-refractivity contribution in [2.75, 3.05) is 19.6 Å². The van der Waals surface area contributed by atoms with E-state index in [2.05, 4.69) is 124 Å². The molecule has 0 amide bonds. The molecule has 0 fully saturated rings. The average molecular weight is 565 g/mol. The van der Waals surface area contributed by atoms with Gasteiger partial charge in [0, 0.05) is 0 Å². The molecule has 0 saturated carbocycles. The van der Waals surface area contributed by atoms with Crippen LogP contribution in [-0.2, 0) is 0 Å². The van der Waals surface area contributed by atoms with Crippen LogP contribution >= 0.6 is 0 Å². The van der Waals surface area contributed by atoms with Crippen LogP contribution in [0.25, 0.3) is 0 Å². The van der Waals surface area contributed by atoms with Gasteiger partial charge in [-0.2, -0.15) is 0 Å². The fourth-order valence-corrected chi connectivity index (χ4v) is 15.4. The van der Waals surface area contributed by atoms with Crippen LogP contribution in [0, 0.1) is 0 Å². The summed E-state index contributed by atoms with van der Waals surface area (Å²) in [6.07, 6.45) is 0. The molecular weight excluding hydrogens is 526 g/mol. The number of anilines is 4. The number of hydrogen-bond acceptors (Lipinski definition) is 4. The van der Waals surface area contributed by atoms with Crippen molar-refractivity contribution in [1.29, 1.82) is 0 Å². The molecule has 0 unspecified atom stereocenters. The van der Waals surface area contributed by atoms with Crippen molar-refractivity contribution in [2.45, 2.75) is 89.7 Å². The zero-order valence-corrected chi connectivity index (χ0v) is 24.1. The molecule has 2 aliphatic heterocycles. The van der Waals surface area contributed by atoms with Gasteiger partial charge in [0.05, 0.1) is 0 Å². The molecule has 2 heterocycles. The molecular formula is C26H38N4Se2. The molecule has 0 atom stereocenters. The summed E-state index contributed by atoms with van der Waals surface area (Å²) < 4.78 is 0. The Hall–Kier alpha value is -1.32. The average Bonchev–Trinajstić information content (AvgIpc) is 3.24. The van der Waals surface area contributed by atoms with Gasteiger partial charge in [0.1, 0.15) is 0 Å². The predicted molar refractivity (Wildman–Crippen MR) is 142 cm³/mol. The maximum absolute atomic E-state index is 2.69. The van der Waals surface area contributed by atoms with Crippen molar-refractivity contribution in [3.05, 3.63) is 48.5 Å². The third kappa shape index (κ3) is 4.05. The van der Waals surface area contributed by atoms with Gasteiger partial charge >= 0.3 is 207 Å². The third-order valence-electron chi connectivity index (χ3n) is 6.28. The Labute approximate surface area is 206 Å². The Morgan fingerprint density at radius 2 is 0.688 bits per heavy atom. The first-order chi connectivity index (χ1) is 15.2. The van der Waals surface area contributed by atoms with Gasteiger partial charge in [0.25, 0.3) is 0 Å². The minimum absolute atomic E-state index is 0.478. The summed E-state index contributed by atoms with van der Waals surface area (Å²) in [4.78, 5) is 10.8. The summed E-state index contributed by atoms with van der Waals surface area (Å²) >= 11 is 0.959. The first-order valence-electron chi connectivity index (χ1n) is 11.9. The number of para-hydroxylation sites is 4. The summed E-state index contributed by atoms with van der Waals surface area (Å²) in [6.45, 7) is 18.8. The molecule has 2 aromatic rings. The first-order valence-corrected chi connectivity index (χ1v) is 18.2. The molecule has 0 saturated heterocycles. The van der Waals surface area contributed by atoms with Crippen LogP contribution in [0.1, 0.15) is 55.4 Å². The Morgan fingerprint density at radius 3 is 0.875 bits per heavy atom. The summed E-state index contributed by atoms with van der Waals surface area (Å²) in [7, 11) is 0. The van der Waals surface area contributed by atoms with E-state index in [4.69, 9.17) is 0 Å². The molecule has 4 nitrogen and oxygen atoms in total. The zero-order valence-electron chi connectivity index (χ0n) is 20.7. The number of fused-ring (bicyclic) bond motifs is 2. The van der Waals surface area contributed by atoms with Crippen LogP contribution in [0.3, 0.4) is 0 Å². The normalized spacial score (nSPS) is 17.0. The van der Waals surface area contributed by atoms with Crippen molar-refractivity contribution < 1.29 is 0 Å². The Bertz CT molecular complexity index is 784. The van der Waals surface area contributed by atoms with Gasteiger partial charge in [-0.1, -0.05) is 0 Å². The number of rotatable bonds is 7. The minimum atomic E-state index is 0.478. The van der Waals surface area contributed by atoms with E-state index in [1.165, 1.54) is 22.7 Å². The number of benzene rings is 2. The van der Waals surface area contributed by atoms with E-state index >= 15 is 0 Å². The summed E-state index contributed by atoms with van der Waals surface area (Å²) in [5, 5.41) is 0.957. The predicted octanol–water partition coefficient (Wildman–Crippen LogP) is 5.16.